The lowest BCUT2D eigenvalue weighted by molar-refractivity contribution is 0.415. The molecule has 0 saturated heterocycles. The van der Waals surface area contributed by atoms with Crippen LogP contribution in [0.2, 0.25) is 5.22 Å². The normalized spacial score (nSPS) is 10.7. The molecule has 0 fully saturated rings. The van der Waals surface area contributed by atoms with Gasteiger partial charge in [0.15, 0.2) is 16.8 Å². The van der Waals surface area contributed by atoms with Crippen molar-refractivity contribution in [2.45, 2.75) is 0 Å². The van der Waals surface area contributed by atoms with Crippen molar-refractivity contribution >= 4 is 17.4 Å². The highest BCUT2D eigenvalue weighted by molar-refractivity contribution is 6.29. The number of methoxy groups -OCH3 is 1. The van der Waals surface area contributed by atoms with Crippen molar-refractivity contribution in [1.82, 2.24) is 5.16 Å². The van der Waals surface area contributed by atoms with Gasteiger partial charge in [-0.3, -0.25) is 0 Å². The lowest BCUT2D eigenvalue weighted by Gasteiger charge is -2.07. The van der Waals surface area contributed by atoms with E-state index >= 15 is 0 Å². The maximum absolute atomic E-state index is 5.91. The number of aromatic nitrogens is 1. The molecule has 6 heteroatoms. The van der Waals surface area contributed by atoms with Gasteiger partial charge in [0, 0.05) is 5.56 Å². The van der Waals surface area contributed by atoms with Crippen molar-refractivity contribution in [1.29, 1.82) is 0 Å². The molecule has 0 atom stereocenters. The lowest BCUT2D eigenvalue weighted by atomic mass is 10.0. The van der Waals surface area contributed by atoms with Gasteiger partial charge in [-0.2, -0.15) is 0 Å². The Morgan fingerprint density at radius 3 is 2.70 bits per heavy atom. The molecule has 2 heterocycles. The largest absolute Gasteiger partial charge is 0.496 e. The molecule has 2 aromatic heterocycles. The second-order valence-corrected chi connectivity index (χ2v) is 4.45. The number of hydrogen-bond donors (Lipinski definition) is 1. The number of nitrogens with two attached hydrogens (primary N) is 1. The summed E-state index contributed by atoms with van der Waals surface area (Å²) >= 11 is 5.79. The molecule has 0 aliphatic heterocycles. The van der Waals surface area contributed by atoms with E-state index in [4.69, 9.17) is 31.0 Å². The molecule has 2 N–H and O–H groups in total. The second kappa shape index (κ2) is 4.94. The van der Waals surface area contributed by atoms with E-state index in [1.807, 2.05) is 24.3 Å². The zero-order valence-corrected chi connectivity index (χ0v) is 11.3. The fraction of sp³-hybridized carbons (Fsp3) is 0.0714. The van der Waals surface area contributed by atoms with Crippen LogP contribution in [0.15, 0.2) is 45.3 Å². The minimum Gasteiger partial charge on any atom is -0.496 e. The summed E-state index contributed by atoms with van der Waals surface area (Å²) < 4.78 is 16.0. The van der Waals surface area contributed by atoms with E-state index in [0.29, 0.717) is 22.8 Å². The molecule has 5 nitrogen and oxygen atoms in total. The number of nitrogens with zero attached hydrogens (tertiary/aromatic N) is 1. The van der Waals surface area contributed by atoms with Gasteiger partial charge in [0.25, 0.3) is 0 Å². The van der Waals surface area contributed by atoms with Crippen molar-refractivity contribution in [3.63, 3.8) is 0 Å². The summed E-state index contributed by atoms with van der Waals surface area (Å²) in [7, 11) is 1.59. The van der Waals surface area contributed by atoms with E-state index in [1.54, 1.807) is 19.2 Å². The Kier molecular flexibility index (Phi) is 3.12. The summed E-state index contributed by atoms with van der Waals surface area (Å²) in [5.74, 6) is 1.80. The summed E-state index contributed by atoms with van der Waals surface area (Å²) in [6.07, 6.45) is 0. The molecule has 20 heavy (non-hydrogen) atoms. The molecule has 0 radical (unpaired) electrons. The highest BCUT2D eigenvalue weighted by Gasteiger charge is 2.22. The summed E-state index contributed by atoms with van der Waals surface area (Å²) in [6.45, 7) is 0. The number of nitrogen functional groups attached to an aromatic ring is 1. The van der Waals surface area contributed by atoms with E-state index < -0.39 is 0 Å². The van der Waals surface area contributed by atoms with Gasteiger partial charge in [-0.05, 0) is 29.8 Å². The Morgan fingerprint density at radius 2 is 2.00 bits per heavy atom. The third-order valence-electron chi connectivity index (χ3n) is 2.89. The fourth-order valence-electron chi connectivity index (χ4n) is 2.02. The quantitative estimate of drug-likeness (QED) is 0.793. The first-order chi connectivity index (χ1) is 9.70. The second-order valence-electron chi connectivity index (χ2n) is 4.08. The van der Waals surface area contributed by atoms with Crippen LogP contribution in [0.4, 0.5) is 5.82 Å². The van der Waals surface area contributed by atoms with Crippen LogP contribution in [-0.4, -0.2) is 12.3 Å². The Bertz CT molecular complexity index is 748. The van der Waals surface area contributed by atoms with Gasteiger partial charge < -0.3 is 19.4 Å². The molecule has 102 valence electrons. The predicted octanol–water partition coefficient (Wildman–Crippen LogP) is 3.85. The van der Waals surface area contributed by atoms with E-state index in [-0.39, 0.29) is 11.0 Å². The van der Waals surface area contributed by atoms with Crippen LogP contribution in [0, 0.1) is 0 Å². The minimum absolute atomic E-state index is 0.261. The van der Waals surface area contributed by atoms with Gasteiger partial charge in [-0.1, -0.05) is 23.4 Å². The van der Waals surface area contributed by atoms with Crippen molar-refractivity contribution in [2.75, 3.05) is 12.8 Å². The molecular formula is C14H11ClN2O3. The standard InChI is InChI=1S/C14H11ClN2O3/c1-18-9-5-3-2-4-8(9)12-13(20-17-14(12)16)10-6-7-11(15)19-10/h2-7H,1H3,(H2,16,17). The smallest absolute Gasteiger partial charge is 0.212 e. The first kappa shape index (κ1) is 12.6. The van der Waals surface area contributed by atoms with Crippen LogP contribution >= 0.6 is 11.6 Å². The molecule has 0 amide bonds. The predicted molar refractivity (Wildman–Crippen MR) is 75.6 cm³/mol. The van der Waals surface area contributed by atoms with Gasteiger partial charge >= 0.3 is 0 Å². The summed E-state index contributed by atoms with van der Waals surface area (Å²) in [5.41, 5.74) is 7.30. The Labute approximate surface area is 119 Å². The molecule has 0 unspecified atom stereocenters. The number of rotatable bonds is 3. The Hall–Kier alpha value is -2.40. The molecule has 0 aliphatic rings. The average Bonchev–Trinajstić information content (AvgIpc) is 3.04. The van der Waals surface area contributed by atoms with Gasteiger partial charge in [-0.25, -0.2) is 0 Å². The zero-order chi connectivity index (χ0) is 14.1. The number of halogens is 1. The van der Waals surface area contributed by atoms with Gasteiger partial charge in [0.1, 0.15) is 5.75 Å². The average molecular weight is 291 g/mol. The van der Waals surface area contributed by atoms with E-state index in [2.05, 4.69) is 5.16 Å². The van der Waals surface area contributed by atoms with Crippen LogP contribution in [0.3, 0.4) is 0 Å². The SMILES string of the molecule is COc1ccccc1-c1c(N)noc1-c1ccc(Cl)o1. The van der Waals surface area contributed by atoms with Crippen LogP contribution in [0.5, 0.6) is 5.75 Å². The number of ether oxygens (including phenoxy) is 1. The molecule has 3 aromatic rings. The van der Waals surface area contributed by atoms with E-state index in [0.717, 1.165) is 5.56 Å². The Morgan fingerprint density at radius 1 is 1.20 bits per heavy atom. The van der Waals surface area contributed by atoms with Gasteiger partial charge in [-0.15, -0.1) is 0 Å². The fourth-order valence-corrected chi connectivity index (χ4v) is 2.16. The topological polar surface area (TPSA) is 74.4 Å². The monoisotopic (exact) mass is 290 g/mol. The number of furan rings is 1. The van der Waals surface area contributed by atoms with Crippen LogP contribution in [-0.2, 0) is 0 Å². The van der Waals surface area contributed by atoms with Crippen molar-refractivity contribution in [3.8, 4) is 28.4 Å². The zero-order valence-electron chi connectivity index (χ0n) is 10.6. The summed E-state index contributed by atoms with van der Waals surface area (Å²) in [4.78, 5) is 0. The lowest BCUT2D eigenvalue weighted by Crippen LogP contribution is -1.92. The highest BCUT2D eigenvalue weighted by atomic mass is 35.5. The third-order valence-corrected chi connectivity index (χ3v) is 3.09. The summed E-state index contributed by atoms with van der Waals surface area (Å²) in [5, 5.41) is 4.06. The van der Waals surface area contributed by atoms with Gasteiger partial charge in [0.2, 0.25) is 5.76 Å². The van der Waals surface area contributed by atoms with Crippen molar-refractivity contribution in [3.05, 3.63) is 41.6 Å². The number of anilines is 1. The Balaban J connectivity index is 2.21. The van der Waals surface area contributed by atoms with E-state index in [1.165, 1.54) is 0 Å². The van der Waals surface area contributed by atoms with Crippen LogP contribution < -0.4 is 10.5 Å². The molecule has 1 aromatic carbocycles. The molecular weight excluding hydrogens is 280 g/mol. The molecule has 0 spiro atoms. The molecule has 0 bridgehead atoms. The maximum Gasteiger partial charge on any atom is 0.212 e. The first-order valence-corrected chi connectivity index (χ1v) is 6.22. The minimum atomic E-state index is 0.261. The number of hydrogen-bond acceptors (Lipinski definition) is 5. The third kappa shape index (κ3) is 2.02. The first-order valence-electron chi connectivity index (χ1n) is 5.85. The molecule has 0 aliphatic carbocycles. The summed E-state index contributed by atoms with van der Waals surface area (Å²) in [6, 6.07) is 10.8. The van der Waals surface area contributed by atoms with Crippen molar-refractivity contribution < 1.29 is 13.7 Å². The molecule has 0 saturated carbocycles. The number of benzene rings is 1. The van der Waals surface area contributed by atoms with Gasteiger partial charge in [0.05, 0.1) is 12.7 Å². The van der Waals surface area contributed by atoms with Crippen molar-refractivity contribution in [2.24, 2.45) is 0 Å². The maximum atomic E-state index is 5.91. The molecule has 3 rings (SSSR count). The van der Waals surface area contributed by atoms with Crippen LogP contribution in [0.1, 0.15) is 0 Å². The number of para-hydroxylation sites is 1. The van der Waals surface area contributed by atoms with E-state index in [9.17, 15) is 0 Å². The van der Waals surface area contributed by atoms with Crippen LogP contribution in [0.25, 0.3) is 22.6 Å². The highest BCUT2D eigenvalue weighted by Crippen LogP contribution is 2.41.